The fraction of sp³-hybridized carbons (Fsp3) is 0.500. The van der Waals surface area contributed by atoms with Crippen molar-refractivity contribution in [2.24, 2.45) is 17.8 Å². The standard InChI is InChI=1S/C44H58N2O4/c1-4-5-16-43-45(2)28-27-40(37-24-25-37)42(32-47)46(43)31-36-19-17-34(18-20-36)21-23-38(30-39(48)26-22-33-12-8-6-9-13-33)41(44(49)50-3)29-35-14-10-7-11-15-35/h6-15,17-20,37-38,41,43,47H,4-5,16,21-32H2,1-3H3. The number of benzene rings is 3. The molecule has 0 amide bonds. The minimum Gasteiger partial charge on any atom is -0.469 e. The van der Waals surface area contributed by atoms with Gasteiger partial charge >= 0.3 is 5.97 Å². The second-order valence-corrected chi connectivity index (χ2v) is 14.5. The highest BCUT2D eigenvalue weighted by Crippen LogP contribution is 2.42. The smallest absolute Gasteiger partial charge is 0.309 e. The van der Waals surface area contributed by atoms with Crippen LogP contribution >= 0.6 is 0 Å². The van der Waals surface area contributed by atoms with Crippen LogP contribution in [-0.2, 0) is 40.1 Å². The zero-order valence-electron chi connectivity index (χ0n) is 30.6. The highest BCUT2D eigenvalue weighted by atomic mass is 16.5. The Labute approximate surface area is 300 Å². The maximum Gasteiger partial charge on any atom is 0.309 e. The fourth-order valence-electron chi connectivity index (χ4n) is 7.81. The second kappa shape index (κ2) is 19.0. The molecule has 3 aromatic rings. The molecule has 268 valence electrons. The van der Waals surface area contributed by atoms with Crippen LogP contribution < -0.4 is 0 Å². The van der Waals surface area contributed by atoms with Gasteiger partial charge < -0.3 is 14.7 Å². The van der Waals surface area contributed by atoms with E-state index in [0.717, 1.165) is 68.4 Å². The summed E-state index contributed by atoms with van der Waals surface area (Å²) in [6.45, 7) is 4.14. The van der Waals surface area contributed by atoms with E-state index < -0.39 is 5.92 Å². The Morgan fingerprint density at radius 3 is 2.14 bits per heavy atom. The number of carbonyl (C=O) groups is 2. The van der Waals surface area contributed by atoms with E-state index in [0.29, 0.717) is 31.6 Å². The van der Waals surface area contributed by atoms with E-state index in [1.54, 1.807) is 0 Å². The van der Waals surface area contributed by atoms with Crippen LogP contribution in [0.15, 0.2) is 96.2 Å². The normalized spacial score (nSPS) is 18.1. The number of ketones is 1. The molecule has 1 fully saturated rings. The van der Waals surface area contributed by atoms with E-state index >= 15 is 0 Å². The number of unbranched alkanes of at least 4 members (excludes halogenated alkanes) is 1. The minimum absolute atomic E-state index is 0.0934. The predicted octanol–water partition coefficient (Wildman–Crippen LogP) is 8.17. The molecule has 3 unspecified atom stereocenters. The Hall–Kier alpha value is -3.74. The first kappa shape index (κ1) is 37.5. The number of nitrogens with zero attached hydrogens (tertiary/aromatic N) is 2. The van der Waals surface area contributed by atoms with Crippen LogP contribution in [0.1, 0.15) is 87.0 Å². The summed E-state index contributed by atoms with van der Waals surface area (Å²) in [5, 5.41) is 10.7. The Balaban J connectivity index is 1.31. The number of hydrogen-bond donors (Lipinski definition) is 1. The summed E-state index contributed by atoms with van der Waals surface area (Å²) in [4.78, 5) is 31.7. The molecule has 0 aromatic heterocycles. The quantitative estimate of drug-likeness (QED) is 0.129. The molecule has 2 aliphatic rings. The van der Waals surface area contributed by atoms with Gasteiger partial charge in [-0.25, -0.2) is 0 Å². The molecule has 1 heterocycles. The monoisotopic (exact) mass is 678 g/mol. The molecule has 5 rings (SSSR count). The molecule has 50 heavy (non-hydrogen) atoms. The highest BCUT2D eigenvalue weighted by molar-refractivity contribution is 5.80. The molecule has 6 nitrogen and oxygen atoms in total. The molecule has 1 saturated carbocycles. The van der Waals surface area contributed by atoms with Crippen LogP contribution in [0.25, 0.3) is 0 Å². The van der Waals surface area contributed by atoms with E-state index in [1.807, 2.05) is 48.5 Å². The number of ether oxygens (including phenoxy) is 1. The number of aliphatic hydroxyl groups excluding tert-OH is 1. The molecule has 3 aromatic carbocycles. The van der Waals surface area contributed by atoms with Crippen molar-refractivity contribution in [3.63, 3.8) is 0 Å². The number of aliphatic hydroxyl groups is 1. The van der Waals surface area contributed by atoms with Gasteiger partial charge in [0, 0.05) is 31.6 Å². The third-order valence-electron chi connectivity index (χ3n) is 10.9. The first-order valence-corrected chi connectivity index (χ1v) is 18.9. The lowest BCUT2D eigenvalue weighted by Crippen LogP contribution is -2.45. The maximum atomic E-state index is 13.4. The number of aryl methyl sites for hydroxylation is 2. The van der Waals surface area contributed by atoms with Crippen LogP contribution in [0.4, 0.5) is 0 Å². The van der Waals surface area contributed by atoms with Crippen LogP contribution in [0.3, 0.4) is 0 Å². The van der Waals surface area contributed by atoms with Crippen molar-refractivity contribution in [2.45, 2.75) is 96.7 Å². The number of Topliss-reactive ketones (excluding diaryl/α,β-unsaturated/α-hetero) is 1. The van der Waals surface area contributed by atoms with Gasteiger partial charge in [-0.1, -0.05) is 105 Å². The van der Waals surface area contributed by atoms with Gasteiger partial charge in [-0.05, 0) is 98.1 Å². The molecule has 0 bridgehead atoms. The molecule has 0 radical (unpaired) electrons. The zero-order chi connectivity index (χ0) is 35.3. The van der Waals surface area contributed by atoms with Gasteiger partial charge in [0.05, 0.1) is 25.8 Å². The van der Waals surface area contributed by atoms with Crippen molar-refractivity contribution in [1.29, 1.82) is 0 Å². The number of esters is 1. The number of carbonyl (C=O) groups excluding carboxylic acids is 2. The topological polar surface area (TPSA) is 70.1 Å². The first-order chi connectivity index (χ1) is 24.4. The molecule has 1 aliphatic heterocycles. The lowest BCUT2D eigenvalue weighted by molar-refractivity contribution is -0.147. The molecule has 1 N–H and O–H groups in total. The average molecular weight is 679 g/mol. The van der Waals surface area contributed by atoms with Crippen molar-refractivity contribution in [1.82, 2.24) is 9.80 Å². The van der Waals surface area contributed by atoms with Crippen molar-refractivity contribution < 1.29 is 19.4 Å². The molecule has 6 heteroatoms. The summed E-state index contributed by atoms with van der Waals surface area (Å²) < 4.78 is 5.33. The first-order valence-electron chi connectivity index (χ1n) is 18.9. The average Bonchev–Trinajstić information content (AvgIpc) is 4.00. The van der Waals surface area contributed by atoms with Gasteiger partial charge in [-0.3, -0.25) is 14.5 Å². The van der Waals surface area contributed by atoms with E-state index in [2.05, 4.69) is 60.2 Å². The largest absolute Gasteiger partial charge is 0.469 e. The van der Waals surface area contributed by atoms with Gasteiger partial charge in [0.1, 0.15) is 5.78 Å². The zero-order valence-corrected chi connectivity index (χ0v) is 30.6. The molecular weight excluding hydrogens is 620 g/mol. The Morgan fingerprint density at radius 1 is 0.880 bits per heavy atom. The van der Waals surface area contributed by atoms with Crippen LogP contribution in [0, 0.1) is 17.8 Å². The molecule has 0 spiro atoms. The van der Waals surface area contributed by atoms with Crippen molar-refractivity contribution in [3.05, 3.63) is 118 Å². The van der Waals surface area contributed by atoms with E-state index in [4.69, 9.17) is 4.74 Å². The highest BCUT2D eigenvalue weighted by Gasteiger charge is 2.35. The maximum absolute atomic E-state index is 13.4. The van der Waals surface area contributed by atoms with Gasteiger partial charge in [-0.2, -0.15) is 0 Å². The summed E-state index contributed by atoms with van der Waals surface area (Å²) in [6.07, 6.45) is 10.8. The Kier molecular flexibility index (Phi) is 14.3. The van der Waals surface area contributed by atoms with Gasteiger partial charge in [0.25, 0.3) is 0 Å². The predicted molar refractivity (Wildman–Crippen MR) is 201 cm³/mol. The molecule has 0 saturated heterocycles. The van der Waals surface area contributed by atoms with Gasteiger partial charge in [-0.15, -0.1) is 0 Å². The summed E-state index contributed by atoms with van der Waals surface area (Å²) in [5.74, 6) is 0.0506. The summed E-state index contributed by atoms with van der Waals surface area (Å²) in [5.41, 5.74) is 7.28. The number of methoxy groups -OCH3 is 1. The Bertz CT molecular complexity index is 1520. The molecular formula is C44H58N2O4. The lowest BCUT2D eigenvalue weighted by atomic mass is 9.79. The molecule has 1 aliphatic carbocycles. The van der Waals surface area contributed by atoms with Gasteiger partial charge in [0.2, 0.25) is 0 Å². The second-order valence-electron chi connectivity index (χ2n) is 14.5. The van der Waals surface area contributed by atoms with Crippen LogP contribution in [0.2, 0.25) is 0 Å². The summed E-state index contributed by atoms with van der Waals surface area (Å²) >= 11 is 0. The van der Waals surface area contributed by atoms with Crippen molar-refractivity contribution >= 4 is 11.8 Å². The lowest BCUT2D eigenvalue weighted by Gasteiger charge is -2.39. The van der Waals surface area contributed by atoms with Crippen molar-refractivity contribution in [2.75, 3.05) is 27.3 Å². The van der Waals surface area contributed by atoms with E-state index in [-0.39, 0.29) is 30.4 Å². The Morgan fingerprint density at radius 2 is 1.52 bits per heavy atom. The van der Waals surface area contributed by atoms with Crippen molar-refractivity contribution in [3.8, 4) is 0 Å². The van der Waals surface area contributed by atoms with Crippen LogP contribution in [-0.4, -0.2) is 60.1 Å². The number of rotatable bonds is 19. The summed E-state index contributed by atoms with van der Waals surface area (Å²) in [7, 11) is 3.69. The van der Waals surface area contributed by atoms with E-state index in [1.165, 1.54) is 36.7 Å². The summed E-state index contributed by atoms with van der Waals surface area (Å²) in [6, 6.07) is 29.0. The third kappa shape index (κ3) is 10.6. The number of hydrogen-bond acceptors (Lipinski definition) is 6. The third-order valence-corrected chi connectivity index (χ3v) is 10.9. The van der Waals surface area contributed by atoms with E-state index in [9.17, 15) is 14.7 Å². The minimum atomic E-state index is -0.396. The van der Waals surface area contributed by atoms with Gasteiger partial charge in [0.15, 0.2) is 0 Å². The fourth-order valence-corrected chi connectivity index (χ4v) is 7.81. The molecule has 3 atom stereocenters. The van der Waals surface area contributed by atoms with Crippen LogP contribution in [0.5, 0.6) is 0 Å². The SMILES string of the molecule is CCCCC1N(C)CCC(C2CC2)=C(CO)N1Cc1ccc(CCC(CC(=O)CCc2ccccc2)C(Cc2ccccc2)C(=O)OC)cc1.